The number of hydrogen-bond donors (Lipinski definition) is 0. The molecule has 4 aromatic rings. The Balaban J connectivity index is 1.49. The summed E-state index contributed by atoms with van der Waals surface area (Å²) in [7, 11) is -2.70. The summed E-state index contributed by atoms with van der Waals surface area (Å²) < 4.78 is 26.3. The number of amides is 2. The van der Waals surface area contributed by atoms with Crippen LogP contribution >= 0.6 is 11.8 Å². The normalized spacial score (nSPS) is 21.8. The molecular weight excluding hydrogens is 695 g/mol. The van der Waals surface area contributed by atoms with Crippen LogP contribution in [0.1, 0.15) is 67.8 Å². The molecule has 9 nitrogen and oxygen atoms in total. The third kappa shape index (κ3) is 7.78. The van der Waals surface area contributed by atoms with E-state index >= 15 is 0 Å². The Morgan fingerprint density at radius 2 is 1.27 bits per heavy atom. The highest BCUT2D eigenvalue weighted by Gasteiger charge is 2.56. The number of carbonyl (C=O) groups is 4. The third-order valence-electron chi connectivity index (χ3n) is 9.89. The van der Waals surface area contributed by atoms with Crippen molar-refractivity contribution in [3.63, 3.8) is 0 Å². The fourth-order valence-electron chi connectivity index (χ4n) is 6.00. The number of aryl methyl sites for hydroxylation is 1. The van der Waals surface area contributed by atoms with Crippen LogP contribution < -0.4 is 0 Å². The summed E-state index contributed by atoms with van der Waals surface area (Å²) in [6.45, 7) is 12.1. The number of carbonyl (C=O) groups excluding carboxylic acids is 4. The van der Waals surface area contributed by atoms with Crippen LogP contribution in [0.15, 0.2) is 114 Å². The van der Waals surface area contributed by atoms with Crippen LogP contribution in [-0.4, -0.2) is 73.4 Å². The Morgan fingerprint density at radius 1 is 0.750 bits per heavy atom. The molecule has 2 aliphatic heterocycles. The van der Waals surface area contributed by atoms with Crippen molar-refractivity contribution in [3.05, 3.63) is 137 Å². The van der Waals surface area contributed by atoms with Crippen LogP contribution in [0.2, 0.25) is 18.1 Å². The average molecular weight is 738 g/mol. The Labute approximate surface area is 309 Å². The first kappa shape index (κ1) is 37.2. The number of thioether (sulfide) groups is 1. The molecule has 0 radical (unpaired) electrons. The van der Waals surface area contributed by atoms with E-state index in [4.69, 9.17) is 18.6 Å². The van der Waals surface area contributed by atoms with Crippen molar-refractivity contribution in [2.24, 2.45) is 0 Å². The number of hydrogen-bond acceptors (Lipinski definition) is 9. The quantitative estimate of drug-likeness (QED) is 0.0911. The van der Waals surface area contributed by atoms with Gasteiger partial charge in [-0.3, -0.25) is 14.5 Å². The minimum Gasteiger partial charge on any atom is -0.558 e. The zero-order chi connectivity index (χ0) is 37.2. The molecule has 0 bridgehead atoms. The summed E-state index contributed by atoms with van der Waals surface area (Å²) in [4.78, 5) is 57.8. The highest BCUT2D eigenvalue weighted by molar-refractivity contribution is 7.99. The maximum Gasteiger partial charge on any atom is 0.338 e. The van der Waals surface area contributed by atoms with E-state index in [9.17, 15) is 19.2 Å². The van der Waals surface area contributed by atoms with Gasteiger partial charge in [0, 0.05) is 4.90 Å². The van der Waals surface area contributed by atoms with E-state index in [1.54, 1.807) is 78.9 Å². The van der Waals surface area contributed by atoms with Gasteiger partial charge in [0.2, 0.25) is 0 Å². The van der Waals surface area contributed by atoms with Crippen molar-refractivity contribution in [3.8, 4) is 0 Å². The number of imide groups is 1. The summed E-state index contributed by atoms with van der Waals surface area (Å²) >= 11 is 1.29. The lowest BCUT2D eigenvalue weighted by Crippen LogP contribution is -2.68. The lowest BCUT2D eigenvalue weighted by atomic mass is 9.96. The molecule has 2 amide bonds. The number of nitrogens with zero attached hydrogens (tertiary/aromatic N) is 1. The first-order chi connectivity index (χ1) is 24.7. The summed E-state index contributed by atoms with van der Waals surface area (Å²) in [5, 5.41) is -0.301. The second-order valence-electron chi connectivity index (χ2n) is 14.5. The lowest BCUT2D eigenvalue weighted by molar-refractivity contribution is -0.178. The van der Waals surface area contributed by atoms with Crippen LogP contribution in [0.5, 0.6) is 0 Å². The molecule has 6 rings (SSSR count). The van der Waals surface area contributed by atoms with E-state index in [-0.39, 0.29) is 28.3 Å². The number of rotatable bonds is 10. The predicted molar refractivity (Wildman–Crippen MR) is 201 cm³/mol. The van der Waals surface area contributed by atoms with Gasteiger partial charge in [-0.2, -0.15) is 0 Å². The molecular formula is C41H43NO8SSi-. The van der Waals surface area contributed by atoms with E-state index < -0.39 is 61.9 Å². The molecule has 2 heterocycles. The maximum absolute atomic E-state index is 14.3. The van der Waals surface area contributed by atoms with E-state index in [1.165, 1.54) is 11.8 Å². The molecule has 0 aliphatic carbocycles. The van der Waals surface area contributed by atoms with Crippen LogP contribution in [0.25, 0.3) is 0 Å². The number of benzene rings is 4. The second-order valence-corrected chi connectivity index (χ2v) is 20.5. The van der Waals surface area contributed by atoms with Crippen molar-refractivity contribution in [1.82, 2.24) is 4.90 Å². The van der Waals surface area contributed by atoms with Crippen molar-refractivity contribution in [1.29, 1.82) is 0 Å². The van der Waals surface area contributed by atoms with E-state index in [1.807, 2.05) is 37.3 Å². The molecule has 2 aliphatic rings. The number of ether oxygens (including phenoxy) is 3. The van der Waals surface area contributed by atoms with Crippen LogP contribution in [0.3, 0.4) is 0 Å². The molecule has 0 spiro atoms. The van der Waals surface area contributed by atoms with Crippen molar-refractivity contribution in [2.75, 3.05) is 6.61 Å². The summed E-state index contributed by atoms with van der Waals surface area (Å²) in [5.41, 5.74) is 1.24. The van der Waals surface area contributed by atoms with Gasteiger partial charge in [0.05, 0.1) is 28.4 Å². The lowest BCUT2D eigenvalue weighted by Gasteiger charge is -2.56. The van der Waals surface area contributed by atoms with Gasteiger partial charge in [0.1, 0.15) is 24.2 Å². The number of fused-ring (bicyclic) bond motifs is 1. The van der Waals surface area contributed by atoms with Gasteiger partial charge in [-0.05, 0) is 63.8 Å². The van der Waals surface area contributed by atoms with Gasteiger partial charge < -0.3 is 18.6 Å². The van der Waals surface area contributed by atoms with Gasteiger partial charge >= 0.3 is 11.9 Å². The smallest absolute Gasteiger partial charge is 0.338 e. The second kappa shape index (κ2) is 15.2. The minimum atomic E-state index is -2.70. The summed E-state index contributed by atoms with van der Waals surface area (Å²) in [6.07, 6.45) is -3.22. The molecule has 5 unspecified atom stereocenters. The molecule has 271 valence electrons. The SMILES string of the molecule is Cc1ccc(SC2OC(COC(=O)c3ccccc3)C(O[Si-](C)(C)C(C)(C)C)C(OC(=O)c3ccccc3)C2N2C(=O)c3ccccc3C2=O)cc1. The minimum absolute atomic E-state index is 0.244. The molecule has 0 saturated carbocycles. The van der Waals surface area contributed by atoms with E-state index in [2.05, 4.69) is 33.9 Å². The third-order valence-corrected chi connectivity index (χ3v) is 15.5. The summed E-state index contributed by atoms with van der Waals surface area (Å²) in [6, 6.07) is 30.4. The molecule has 1 fully saturated rings. The molecule has 4 aromatic carbocycles. The zero-order valence-electron chi connectivity index (χ0n) is 30.1. The first-order valence-corrected chi connectivity index (χ1v) is 21.1. The van der Waals surface area contributed by atoms with E-state index in [0.29, 0.717) is 5.56 Å². The Hall–Kier alpha value is -4.55. The fourth-order valence-corrected chi connectivity index (χ4v) is 8.49. The van der Waals surface area contributed by atoms with Gasteiger partial charge in [0.15, 0.2) is 6.10 Å². The highest BCUT2D eigenvalue weighted by atomic mass is 32.2. The Morgan fingerprint density at radius 3 is 1.81 bits per heavy atom. The Bertz CT molecular complexity index is 1890. The predicted octanol–water partition coefficient (Wildman–Crippen LogP) is 7.95. The van der Waals surface area contributed by atoms with Crippen LogP contribution in [0, 0.1) is 6.92 Å². The average Bonchev–Trinajstić information content (AvgIpc) is 3.38. The van der Waals surface area contributed by atoms with Crippen LogP contribution in [0.4, 0.5) is 0 Å². The Kier molecular flexibility index (Phi) is 10.9. The van der Waals surface area contributed by atoms with Gasteiger partial charge in [-0.1, -0.05) is 98.8 Å². The largest absolute Gasteiger partial charge is 0.558 e. The highest BCUT2D eigenvalue weighted by Crippen LogP contribution is 2.44. The van der Waals surface area contributed by atoms with Crippen LogP contribution in [-0.2, 0) is 18.6 Å². The molecule has 0 aromatic heterocycles. The molecule has 1 saturated heterocycles. The molecule has 11 heteroatoms. The van der Waals surface area contributed by atoms with Crippen molar-refractivity contribution >= 4 is 43.8 Å². The molecule has 52 heavy (non-hydrogen) atoms. The van der Waals surface area contributed by atoms with Crippen molar-refractivity contribution in [2.45, 2.75) is 80.5 Å². The molecule has 0 N–H and O–H groups in total. The van der Waals surface area contributed by atoms with Gasteiger partial charge in [0.25, 0.3) is 11.8 Å². The first-order valence-electron chi connectivity index (χ1n) is 17.3. The topological polar surface area (TPSA) is 108 Å². The van der Waals surface area contributed by atoms with E-state index in [0.717, 1.165) is 15.4 Å². The zero-order valence-corrected chi connectivity index (χ0v) is 31.9. The standard InChI is InChI=1S/C41H43NO8SSi/c1-26-21-23-29(24-22-26)51-40-33(42-36(43)30-19-13-14-20-31(30)37(42)44)35(49-39(46)28-17-11-8-12-18-28)34(50-52(5,6)41(2,3)4)32(48-40)25-47-38(45)27-15-9-7-10-16-27/h7-24,32-35,40H,25H2,1-6H3/q-1. The van der Waals surface area contributed by atoms with Gasteiger partial charge in [-0.15, -0.1) is 18.1 Å². The maximum atomic E-state index is 14.3. The van der Waals surface area contributed by atoms with Gasteiger partial charge in [-0.25, -0.2) is 9.59 Å². The number of esters is 2. The van der Waals surface area contributed by atoms with Crippen molar-refractivity contribution < 1.29 is 37.8 Å². The summed E-state index contributed by atoms with van der Waals surface area (Å²) in [5.74, 6) is -2.26. The monoisotopic (exact) mass is 737 g/mol. The molecule has 5 atom stereocenters. The fraction of sp³-hybridized carbons (Fsp3) is 0.317.